The van der Waals surface area contributed by atoms with Gasteiger partial charge in [0.2, 0.25) is 0 Å². The van der Waals surface area contributed by atoms with Gasteiger partial charge in [0.15, 0.2) is 12.4 Å². The lowest BCUT2D eigenvalue weighted by Crippen LogP contribution is -2.44. The first-order chi connectivity index (χ1) is 50.6. The number of aliphatic carboxylic acids is 1. The summed E-state index contributed by atoms with van der Waals surface area (Å²) in [5.41, 5.74) is 0. The summed E-state index contributed by atoms with van der Waals surface area (Å²) in [5, 5.41) is 11.9. The van der Waals surface area contributed by atoms with Gasteiger partial charge in [-0.3, -0.25) is 9.59 Å². The molecule has 2 atom stereocenters. The van der Waals surface area contributed by atoms with Gasteiger partial charge >= 0.3 is 11.9 Å². The third-order valence-electron chi connectivity index (χ3n) is 19.2. The molecule has 2 unspecified atom stereocenters. The van der Waals surface area contributed by atoms with Crippen molar-refractivity contribution in [2.45, 2.75) is 411 Å². The number of carboxylic acids is 1. The van der Waals surface area contributed by atoms with E-state index in [2.05, 4.69) is 135 Å². The zero-order valence-electron chi connectivity index (χ0n) is 68.2. The molecule has 0 saturated carbocycles. The molecule has 0 spiro atoms. The third-order valence-corrected chi connectivity index (χ3v) is 19.2. The highest BCUT2D eigenvalue weighted by atomic mass is 16.7. The zero-order valence-corrected chi connectivity index (χ0v) is 68.2. The van der Waals surface area contributed by atoms with Gasteiger partial charge in [0.25, 0.3) is 0 Å². The number of esters is 2. The smallest absolute Gasteiger partial charge is 0.306 e. The monoisotopic (exact) mass is 1440 g/mol. The number of hydrogen-bond donors (Lipinski definition) is 0. The van der Waals surface area contributed by atoms with Crippen molar-refractivity contribution in [2.24, 2.45) is 0 Å². The molecule has 0 bridgehead atoms. The van der Waals surface area contributed by atoms with Gasteiger partial charge in [0.1, 0.15) is 13.2 Å². The van der Waals surface area contributed by atoms with Crippen molar-refractivity contribution >= 4 is 17.9 Å². The number of carbonyl (C=O) groups is 3. The number of rotatable bonds is 81. The number of hydrogen-bond acceptors (Lipinski definition) is 8. The van der Waals surface area contributed by atoms with E-state index in [0.29, 0.717) is 23.9 Å². The van der Waals surface area contributed by atoms with Crippen LogP contribution in [0.1, 0.15) is 399 Å². The van der Waals surface area contributed by atoms with Crippen LogP contribution in [-0.2, 0) is 33.3 Å². The normalized spacial score (nSPS) is 13.2. The number of nitrogens with zero attached hydrogens (tertiary/aromatic N) is 1. The van der Waals surface area contributed by atoms with Crippen LogP contribution >= 0.6 is 0 Å². The molecule has 0 radical (unpaired) electrons. The minimum absolute atomic E-state index is 0.146. The average Bonchev–Trinajstić information content (AvgIpc) is 0.985. The first-order valence-electron chi connectivity index (χ1n) is 43.7. The zero-order chi connectivity index (χ0) is 74.6. The molecule has 0 saturated heterocycles. The van der Waals surface area contributed by atoms with Crippen molar-refractivity contribution in [2.75, 3.05) is 47.5 Å². The number of carbonyl (C=O) groups excluding carboxylic acids is 3. The molecular weight excluding hydrogens is 1270 g/mol. The van der Waals surface area contributed by atoms with E-state index in [4.69, 9.17) is 18.9 Å². The molecule has 0 amide bonds. The van der Waals surface area contributed by atoms with Crippen LogP contribution in [0.3, 0.4) is 0 Å². The lowest BCUT2D eigenvalue weighted by atomic mass is 10.0. The fraction of sp³-hybridized carbons (Fsp3) is 0.755. The van der Waals surface area contributed by atoms with Crippen LogP contribution in [0, 0.1) is 0 Å². The molecule has 0 rings (SSSR count). The Morgan fingerprint density at radius 2 is 0.553 bits per heavy atom. The Kier molecular flexibility index (Phi) is 79.8. The van der Waals surface area contributed by atoms with Crippen molar-refractivity contribution in [3.05, 3.63) is 122 Å². The predicted octanol–water partition coefficient (Wildman–Crippen LogP) is 27.3. The largest absolute Gasteiger partial charge is 0.545 e. The van der Waals surface area contributed by atoms with E-state index in [1.807, 2.05) is 21.1 Å². The highest BCUT2D eigenvalue weighted by molar-refractivity contribution is 5.70. The molecule has 0 aliphatic rings. The lowest BCUT2D eigenvalue weighted by molar-refractivity contribution is -0.870. The Labute approximate surface area is 637 Å². The van der Waals surface area contributed by atoms with Crippen molar-refractivity contribution in [3.63, 3.8) is 0 Å². The molecule has 0 aromatic heterocycles. The second-order valence-electron chi connectivity index (χ2n) is 30.4. The van der Waals surface area contributed by atoms with Crippen LogP contribution in [0.25, 0.3) is 0 Å². The standard InChI is InChI=1S/C94H165NO8/c1-6-8-10-12-14-16-18-20-22-24-26-28-30-32-34-36-38-40-42-44-46-48-50-52-54-56-58-60-62-64-66-68-70-72-74-76-78-80-82-84-91(96)101-88-90(89-102-94(93(98)99)100-87-86-95(3,4)5)103-92(97)85-83-81-79-77-75-73-71-69-67-65-63-61-59-57-55-53-51-49-47-45-43-41-39-37-35-33-31-29-27-25-23-21-19-17-15-13-11-9-7-2/h9,11,15,17-18,20-21,23-24,26-27,29,33,35,39,41,45,47,51,53,90,94H,6-8,10,12-14,16,19,22,25,28,30-32,34,36-38,40,42-44,46,48-50,52,54-89H2,1-5H3/b11-9-,17-15-,20-18-,23-21-,26-24-,29-27-,35-33-,41-39-,47-45-,53-51-. The van der Waals surface area contributed by atoms with Crippen LogP contribution in [0.5, 0.6) is 0 Å². The quantitative estimate of drug-likeness (QED) is 0.0195. The molecule has 0 aliphatic carbocycles. The maximum Gasteiger partial charge on any atom is 0.306 e. The summed E-state index contributed by atoms with van der Waals surface area (Å²) in [5.74, 6) is -2.27. The molecule has 9 heteroatoms. The Morgan fingerprint density at radius 1 is 0.301 bits per heavy atom. The van der Waals surface area contributed by atoms with Gasteiger partial charge in [-0.2, -0.15) is 0 Å². The molecule has 0 fully saturated rings. The second kappa shape index (κ2) is 83.3. The maximum atomic E-state index is 13.0. The molecule has 594 valence electrons. The number of likely N-dealkylation sites (N-methyl/N-ethyl adjacent to an activating group) is 1. The molecule has 0 aromatic carbocycles. The highest BCUT2D eigenvalue weighted by Gasteiger charge is 2.22. The van der Waals surface area contributed by atoms with Crippen LogP contribution in [0.4, 0.5) is 0 Å². The van der Waals surface area contributed by atoms with E-state index < -0.39 is 24.3 Å². The fourth-order valence-corrected chi connectivity index (χ4v) is 12.6. The van der Waals surface area contributed by atoms with E-state index in [1.165, 1.54) is 270 Å². The number of carboxylic acid groups (broad SMARTS) is 1. The van der Waals surface area contributed by atoms with Gasteiger partial charge in [-0.15, -0.1) is 0 Å². The molecule has 0 N–H and O–H groups in total. The minimum atomic E-state index is -1.63. The van der Waals surface area contributed by atoms with E-state index in [0.717, 1.165) is 96.3 Å². The summed E-state index contributed by atoms with van der Waals surface area (Å²) >= 11 is 0. The second-order valence-corrected chi connectivity index (χ2v) is 30.4. The topological polar surface area (TPSA) is 111 Å². The van der Waals surface area contributed by atoms with Crippen molar-refractivity contribution in [1.29, 1.82) is 0 Å². The van der Waals surface area contributed by atoms with E-state index in [-0.39, 0.29) is 32.2 Å². The maximum absolute atomic E-state index is 13.0. The van der Waals surface area contributed by atoms with Gasteiger partial charge < -0.3 is 33.3 Å². The van der Waals surface area contributed by atoms with Gasteiger partial charge in [0.05, 0.1) is 40.3 Å². The first kappa shape index (κ1) is 98.7. The van der Waals surface area contributed by atoms with Crippen LogP contribution in [0.2, 0.25) is 0 Å². The minimum Gasteiger partial charge on any atom is -0.545 e. The molecule has 0 aliphatic heterocycles. The predicted molar refractivity (Wildman–Crippen MR) is 444 cm³/mol. The average molecular weight is 1440 g/mol. The Morgan fingerprint density at radius 3 is 0.825 bits per heavy atom. The molecule has 103 heavy (non-hydrogen) atoms. The van der Waals surface area contributed by atoms with Crippen molar-refractivity contribution in [1.82, 2.24) is 0 Å². The summed E-state index contributed by atoms with van der Waals surface area (Å²) in [7, 11) is 5.95. The third kappa shape index (κ3) is 84.8. The first-order valence-corrected chi connectivity index (χ1v) is 43.7. The lowest BCUT2D eigenvalue weighted by Gasteiger charge is -2.26. The Hall–Kier alpha value is -4.31. The fourth-order valence-electron chi connectivity index (χ4n) is 12.6. The number of allylic oxidation sites excluding steroid dienone is 20. The molecule has 9 nitrogen and oxygen atoms in total. The van der Waals surface area contributed by atoms with Crippen molar-refractivity contribution < 1.29 is 42.9 Å². The highest BCUT2D eigenvalue weighted by Crippen LogP contribution is 2.20. The van der Waals surface area contributed by atoms with Gasteiger partial charge in [0, 0.05) is 12.8 Å². The van der Waals surface area contributed by atoms with Gasteiger partial charge in [-0.1, -0.05) is 399 Å². The van der Waals surface area contributed by atoms with Crippen LogP contribution in [-0.4, -0.2) is 82.3 Å². The Bertz CT molecular complexity index is 2120. The van der Waals surface area contributed by atoms with E-state index in [1.54, 1.807) is 0 Å². The molecular formula is C94H165NO8. The van der Waals surface area contributed by atoms with E-state index in [9.17, 15) is 19.5 Å². The summed E-state index contributed by atoms with van der Waals surface area (Å²) in [4.78, 5) is 37.7. The summed E-state index contributed by atoms with van der Waals surface area (Å²) in [6.07, 6.45) is 116. The number of quaternary nitrogens is 1. The number of ether oxygens (including phenoxy) is 4. The Balaban J connectivity index is 3.97. The van der Waals surface area contributed by atoms with Crippen molar-refractivity contribution in [3.8, 4) is 0 Å². The summed E-state index contributed by atoms with van der Waals surface area (Å²) in [6.45, 7) is 4.67. The van der Waals surface area contributed by atoms with Gasteiger partial charge in [-0.25, -0.2) is 0 Å². The summed E-state index contributed by atoms with van der Waals surface area (Å²) < 4.78 is 22.9. The number of unbranched alkanes of at least 4 members (excludes halogenated alkanes) is 46. The SMILES string of the molecule is CC/C=C\C/C=C\C/C=C\C/C=C\C/C=C\C/C=C\C/C=C\C/C=C\CCCCCCCCCCCCCCCCC(=O)OC(COC(=O)CCCCCCCCCCCCCCCCCCCCCCCCCCCCC/C=C\C/C=C\CCCCCCC)COC(OCC[N+](C)(C)C)C(=O)[O-]. The van der Waals surface area contributed by atoms with Gasteiger partial charge in [-0.05, 0) is 109 Å². The molecule has 0 aromatic rings. The summed E-state index contributed by atoms with van der Waals surface area (Å²) in [6, 6.07) is 0. The van der Waals surface area contributed by atoms with E-state index >= 15 is 0 Å². The van der Waals surface area contributed by atoms with Crippen LogP contribution in [0.15, 0.2) is 122 Å². The molecule has 0 heterocycles. The van der Waals surface area contributed by atoms with Crippen LogP contribution < -0.4 is 5.11 Å².